The number of allylic oxidation sites excluding steroid dienone is 1. The van der Waals surface area contributed by atoms with Gasteiger partial charge in [0.15, 0.2) is 0 Å². The lowest BCUT2D eigenvalue weighted by atomic mass is 10.0. The van der Waals surface area contributed by atoms with Crippen molar-refractivity contribution in [2.45, 2.75) is 25.4 Å². The predicted molar refractivity (Wildman–Crippen MR) is 80.9 cm³/mol. The number of aliphatic imine (C=N–C) groups is 1. The third-order valence-corrected chi connectivity index (χ3v) is 3.56. The summed E-state index contributed by atoms with van der Waals surface area (Å²) in [5.74, 6) is 0.784. The van der Waals surface area contributed by atoms with E-state index in [1.54, 1.807) is 0 Å². The highest BCUT2D eigenvalue weighted by atomic mass is 79.9. The van der Waals surface area contributed by atoms with Crippen LogP contribution in [-0.4, -0.2) is 30.6 Å². The Morgan fingerprint density at radius 3 is 2.79 bits per heavy atom. The topological polar surface area (TPSA) is 41.8 Å². The highest BCUT2D eigenvalue weighted by Gasteiger charge is 2.08. The van der Waals surface area contributed by atoms with Gasteiger partial charge in [0.1, 0.15) is 12.4 Å². The van der Waals surface area contributed by atoms with E-state index in [2.05, 4.69) is 20.9 Å². The molecule has 0 saturated heterocycles. The van der Waals surface area contributed by atoms with Crippen LogP contribution in [0, 0.1) is 0 Å². The molecule has 0 aromatic heterocycles. The van der Waals surface area contributed by atoms with Crippen molar-refractivity contribution in [1.29, 1.82) is 0 Å². The van der Waals surface area contributed by atoms with Crippen LogP contribution in [0.5, 0.6) is 5.75 Å². The summed E-state index contributed by atoms with van der Waals surface area (Å²) in [6.07, 6.45) is 6.13. The summed E-state index contributed by atoms with van der Waals surface area (Å²) in [6, 6.07) is 7.62. The molecule has 0 unspecified atom stereocenters. The average Bonchev–Trinajstić information content (AvgIpc) is 2.45. The van der Waals surface area contributed by atoms with E-state index in [-0.39, 0.29) is 0 Å². The van der Waals surface area contributed by atoms with Crippen molar-refractivity contribution in [1.82, 2.24) is 0 Å². The normalized spacial score (nSPS) is 16.0. The molecule has 1 heterocycles. The van der Waals surface area contributed by atoms with Gasteiger partial charge in [0, 0.05) is 17.2 Å². The standard InChI is InChI=1S/C15H18BrNO2/c16-13-2-5-15(6-3-13)19-11-14(18)4-1-12-7-9-17-10-8-12/h2-3,5-7,9,14,18H,1,4,8,10-11H2/t14-/m1/s1. The monoisotopic (exact) mass is 323 g/mol. The smallest absolute Gasteiger partial charge is 0.119 e. The Balaban J connectivity index is 1.69. The first kappa shape index (κ1) is 14.3. The van der Waals surface area contributed by atoms with Gasteiger partial charge in [0.2, 0.25) is 0 Å². The van der Waals surface area contributed by atoms with E-state index in [0.717, 1.165) is 36.0 Å². The van der Waals surface area contributed by atoms with Gasteiger partial charge in [-0.25, -0.2) is 0 Å². The zero-order valence-corrected chi connectivity index (χ0v) is 12.3. The molecule has 0 aliphatic carbocycles. The van der Waals surface area contributed by atoms with E-state index in [4.69, 9.17) is 4.74 Å². The van der Waals surface area contributed by atoms with Gasteiger partial charge in [-0.15, -0.1) is 0 Å². The van der Waals surface area contributed by atoms with E-state index in [9.17, 15) is 5.11 Å². The fourth-order valence-electron chi connectivity index (χ4n) is 1.89. The van der Waals surface area contributed by atoms with Gasteiger partial charge in [-0.3, -0.25) is 4.99 Å². The van der Waals surface area contributed by atoms with Crippen LogP contribution in [0.4, 0.5) is 0 Å². The Hall–Kier alpha value is -1.13. The molecule has 1 N–H and O–H groups in total. The lowest BCUT2D eigenvalue weighted by Crippen LogP contribution is -2.17. The molecule has 1 aliphatic heterocycles. The minimum absolute atomic E-state index is 0.336. The van der Waals surface area contributed by atoms with Crippen molar-refractivity contribution in [3.05, 3.63) is 40.4 Å². The fraction of sp³-hybridized carbons (Fsp3) is 0.400. The second-order valence-corrected chi connectivity index (χ2v) is 5.50. The summed E-state index contributed by atoms with van der Waals surface area (Å²) >= 11 is 3.37. The van der Waals surface area contributed by atoms with Crippen molar-refractivity contribution < 1.29 is 9.84 Å². The maximum Gasteiger partial charge on any atom is 0.119 e. The van der Waals surface area contributed by atoms with Crippen LogP contribution < -0.4 is 4.74 Å². The summed E-state index contributed by atoms with van der Waals surface area (Å²) in [5, 5.41) is 9.90. The summed E-state index contributed by atoms with van der Waals surface area (Å²) in [5.41, 5.74) is 1.36. The van der Waals surface area contributed by atoms with Crippen molar-refractivity contribution in [2.75, 3.05) is 13.2 Å². The number of dihydropyridines is 1. The van der Waals surface area contributed by atoms with Crippen molar-refractivity contribution in [3.63, 3.8) is 0 Å². The second-order valence-electron chi connectivity index (χ2n) is 4.59. The van der Waals surface area contributed by atoms with Gasteiger partial charge in [-0.1, -0.05) is 21.5 Å². The molecule has 0 radical (unpaired) electrons. The third-order valence-electron chi connectivity index (χ3n) is 3.03. The van der Waals surface area contributed by atoms with E-state index in [1.807, 2.05) is 36.6 Å². The maximum absolute atomic E-state index is 9.90. The molecule has 102 valence electrons. The molecule has 1 aliphatic rings. The van der Waals surface area contributed by atoms with Crippen LogP contribution in [0.2, 0.25) is 0 Å². The number of nitrogens with zero attached hydrogens (tertiary/aromatic N) is 1. The molecule has 19 heavy (non-hydrogen) atoms. The largest absolute Gasteiger partial charge is 0.491 e. The van der Waals surface area contributed by atoms with Gasteiger partial charge in [-0.2, -0.15) is 0 Å². The van der Waals surface area contributed by atoms with Gasteiger partial charge in [-0.05, 0) is 49.6 Å². The summed E-state index contributed by atoms with van der Waals surface area (Å²) < 4.78 is 6.57. The van der Waals surface area contributed by atoms with Crippen LogP contribution in [0.1, 0.15) is 19.3 Å². The number of rotatable bonds is 6. The number of halogens is 1. The number of ether oxygens (including phenoxy) is 1. The van der Waals surface area contributed by atoms with E-state index < -0.39 is 6.10 Å². The van der Waals surface area contributed by atoms with Crippen LogP contribution >= 0.6 is 15.9 Å². The quantitative estimate of drug-likeness (QED) is 0.872. The van der Waals surface area contributed by atoms with Gasteiger partial charge in [0.25, 0.3) is 0 Å². The van der Waals surface area contributed by atoms with Crippen molar-refractivity contribution in [2.24, 2.45) is 4.99 Å². The zero-order chi connectivity index (χ0) is 13.5. The third kappa shape index (κ3) is 5.17. The minimum atomic E-state index is -0.427. The maximum atomic E-state index is 9.90. The number of aliphatic hydroxyl groups is 1. The fourth-order valence-corrected chi connectivity index (χ4v) is 2.16. The van der Waals surface area contributed by atoms with E-state index in [1.165, 1.54) is 5.57 Å². The summed E-state index contributed by atoms with van der Waals surface area (Å²) in [7, 11) is 0. The summed E-state index contributed by atoms with van der Waals surface area (Å²) in [4.78, 5) is 4.15. The molecule has 1 atom stereocenters. The number of hydrogen-bond acceptors (Lipinski definition) is 3. The molecular formula is C15H18BrNO2. The molecule has 4 heteroatoms. The second kappa shape index (κ2) is 7.46. The first-order valence-electron chi connectivity index (χ1n) is 6.48. The Kier molecular flexibility index (Phi) is 5.61. The molecule has 0 spiro atoms. The molecule has 1 aromatic carbocycles. The first-order valence-corrected chi connectivity index (χ1v) is 7.27. The lowest BCUT2D eigenvalue weighted by Gasteiger charge is -2.14. The zero-order valence-electron chi connectivity index (χ0n) is 10.8. The van der Waals surface area contributed by atoms with Crippen LogP contribution in [0.3, 0.4) is 0 Å². The van der Waals surface area contributed by atoms with E-state index >= 15 is 0 Å². The predicted octanol–water partition coefficient (Wildman–Crippen LogP) is 3.37. The Morgan fingerprint density at radius 2 is 2.11 bits per heavy atom. The van der Waals surface area contributed by atoms with Gasteiger partial charge < -0.3 is 9.84 Å². The molecule has 1 aromatic rings. The number of hydrogen-bond donors (Lipinski definition) is 1. The SMILES string of the molecule is O[C@H](CCC1=CC=NCC1)COc1ccc(Br)cc1. The molecule has 0 fully saturated rings. The minimum Gasteiger partial charge on any atom is -0.491 e. The average molecular weight is 324 g/mol. The number of benzene rings is 1. The molecule has 0 bridgehead atoms. The number of aliphatic hydroxyl groups excluding tert-OH is 1. The Bertz CT molecular complexity index is 454. The van der Waals surface area contributed by atoms with E-state index in [0.29, 0.717) is 6.61 Å². The van der Waals surface area contributed by atoms with Gasteiger partial charge >= 0.3 is 0 Å². The molecule has 3 nitrogen and oxygen atoms in total. The van der Waals surface area contributed by atoms with Crippen LogP contribution in [0.25, 0.3) is 0 Å². The van der Waals surface area contributed by atoms with Gasteiger partial charge in [0.05, 0.1) is 6.10 Å². The van der Waals surface area contributed by atoms with Crippen molar-refractivity contribution in [3.8, 4) is 5.75 Å². The first-order chi connectivity index (χ1) is 9.24. The highest BCUT2D eigenvalue weighted by Crippen LogP contribution is 2.17. The van der Waals surface area contributed by atoms with Crippen LogP contribution in [0.15, 0.2) is 45.4 Å². The molecule has 2 rings (SSSR count). The molecule has 0 saturated carbocycles. The molecular weight excluding hydrogens is 306 g/mol. The Morgan fingerprint density at radius 1 is 1.32 bits per heavy atom. The van der Waals surface area contributed by atoms with Crippen LogP contribution in [-0.2, 0) is 0 Å². The summed E-state index contributed by atoms with van der Waals surface area (Å²) in [6.45, 7) is 1.21. The highest BCUT2D eigenvalue weighted by molar-refractivity contribution is 9.10. The lowest BCUT2D eigenvalue weighted by molar-refractivity contribution is 0.100. The van der Waals surface area contributed by atoms with Crippen molar-refractivity contribution >= 4 is 22.1 Å². The molecule has 0 amide bonds. The Labute approximate surface area is 122 Å².